The molecule has 3 nitrogen and oxygen atoms in total. The molecule has 1 aliphatic carbocycles. The first kappa shape index (κ1) is 11.7. The quantitative estimate of drug-likeness (QED) is 0.898. The second kappa shape index (κ2) is 5.11. The SMILES string of the molecule is CC1CCC(NCc2cccc3nccn23)CC1. The van der Waals surface area contributed by atoms with Crippen LogP contribution in [0.2, 0.25) is 0 Å². The van der Waals surface area contributed by atoms with Crippen molar-refractivity contribution in [3.8, 4) is 0 Å². The third-order valence-electron chi connectivity index (χ3n) is 4.10. The summed E-state index contributed by atoms with van der Waals surface area (Å²) in [7, 11) is 0. The van der Waals surface area contributed by atoms with Crippen molar-refractivity contribution in [3.63, 3.8) is 0 Å². The molecular weight excluding hydrogens is 222 g/mol. The van der Waals surface area contributed by atoms with E-state index in [2.05, 4.69) is 33.8 Å². The van der Waals surface area contributed by atoms with E-state index in [0.29, 0.717) is 6.04 Å². The van der Waals surface area contributed by atoms with Crippen molar-refractivity contribution in [2.45, 2.75) is 45.2 Å². The minimum absolute atomic E-state index is 0.694. The molecule has 0 aromatic carbocycles. The average molecular weight is 243 g/mol. The Kier molecular flexibility index (Phi) is 3.33. The first-order valence-corrected chi connectivity index (χ1v) is 6.97. The summed E-state index contributed by atoms with van der Waals surface area (Å²) >= 11 is 0. The van der Waals surface area contributed by atoms with Crippen molar-refractivity contribution in [2.75, 3.05) is 0 Å². The number of pyridine rings is 1. The largest absolute Gasteiger partial charge is 0.308 e. The van der Waals surface area contributed by atoms with Gasteiger partial charge >= 0.3 is 0 Å². The number of nitrogens with one attached hydrogen (secondary N) is 1. The fraction of sp³-hybridized carbons (Fsp3) is 0.533. The Labute approximate surface area is 108 Å². The number of fused-ring (bicyclic) bond motifs is 1. The molecule has 3 rings (SSSR count). The van der Waals surface area contributed by atoms with E-state index in [4.69, 9.17) is 0 Å². The van der Waals surface area contributed by atoms with Crippen molar-refractivity contribution in [1.82, 2.24) is 14.7 Å². The van der Waals surface area contributed by atoms with E-state index >= 15 is 0 Å². The number of hydrogen-bond donors (Lipinski definition) is 1. The van der Waals surface area contributed by atoms with E-state index in [-0.39, 0.29) is 0 Å². The molecule has 0 amide bonds. The van der Waals surface area contributed by atoms with Gasteiger partial charge in [-0.15, -0.1) is 0 Å². The Hall–Kier alpha value is -1.35. The molecule has 2 aromatic heterocycles. The average Bonchev–Trinajstić information content (AvgIpc) is 2.87. The molecule has 0 saturated heterocycles. The lowest BCUT2D eigenvalue weighted by Gasteiger charge is -2.27. The van der Waals surface area contributed by atoms with Gasteiger partial charge in [-0.1, -0.05) is 13.0 Å². The third kappa shape index (κ3) is 2.41. The minimum atomic E-state index is 0.694. The Balaban J connectivity index is 1.64. The van der Waals surface area contributed by atoms with E-state index in [1.807, 2.05) is 18.5 Å². The third-order valence-corrected chi connectivity index (χ3v) is 4.10. The second-order valence-electron chi connectivity index (χ2n) is 5.51. The predicted molar refractivity (Wildman–Crippen MR) is 73.5 cm³/mol. The highest BCUT2D eigenvalue weighted by atomic mass is 15.0. The second-order valence-corrected chi connectivity index (χ2v) is 5.51. The van der Waals surface area contributed by atoms with Gasteiger partial charge < -0.3 is 9.72 Å². The maximum absolute atomic E-state index is 4.32. The summed E-state index contributed by atoms with van der Waals surface area (Å²) < 4.78 is 2.17. The van der Waals surface area contributed by atoms with Gasteiger partial charge in [0.15, 0.2) is 0 Å². The van der Waals surface area contributed by atoms with Gasteiger partial charge in [0, 0.05) is 30.7 Å². The van der Waals surface area contributed by atoms with E-state index in [9.17, 15) is 0 Å². The van der Waals surface area contributed by atoms with Crippen molar-refractivity contribution in [3.05, 3.63) is 36.3 Å². The van der Waals surface area contributed by atoms with Crippen LogP contribution in [0.4, 0.5) is 0 Å². The van der Waals surface area contributed by atoms with Crippen LogP contribution in [0.3, 0.4) is 0 Å². The number of hydrogen-bond acceptors (Lipinski definition) is 2. The maximum Gasteiger partial charge on any atom is 0.136 e. The summed E-state index contributed by atoms with van der Waals surface area (Å²) in [4.78, 5) is 4.32. The molecule has 2 heterocycles. The number of aromatic nitrogens is 2. The van der Waals surface area contributed by atoms with Gasteiger partial charge in [0.25, 0.3) is 0 Å². The molecule has 3 heteroatoms. The van der Waals surface area contributed by atoms with Gasteiger partial charge in [-0.2, -0.15) is 0 Å². The molecule has 1 saturated carbocycles. The minimum Gasteiger partial charge on any atom is -0.308 e. The summed E-state index contributed by atoms with van der Waals surface area (Å²) in [6, 6.07) is 7.00. The molecule has 18 heavy (non-hydrogen) atoms. The molecule has 0 spiro atoms. The number of nitrogens with zero attached hydrogens (tertiary/aromatic N) is 2. The van der Waals surface area contributed by atoms with Gasteiger partial charge in [0.05, 0.1) is 0 Å². The molecule has 1 aliphatic rings. The fourth-order valence-corrected chi connectivity index (χ4v) is 2.86. The standard InChI is InChI=1S/C15H21N3/c1-12-5-7-13(8-6-12)17-11-14-3-2-4-15-16-9-10-18(14)15/h2-4,9-10,12-13,17H,5-8,11H2,1H3. The number of imidazole rings is 1. The van der Waals surface area contributed by atoms with Crippen LogP contribution in [-0.2, 0) is 6.54 Å². The van der Waals surface area contributed by atoms with E-state index < -0.39 is 0 Å². The summed E-state index contributed by atoms with van der Waals surface area (Å²) in [5.74, 6) is 0.917. The Morgan fingerprint density at radius 1 is 1.28 bits per heavy atom. The lowest BCUT2D eigenvalue weighted by Crippen LogP contribution is -2.32. The molecule has 96 valence electrons. The smallest absolute Gasteiger partial charge is 0.136 e. The van der Waals surface area contributed by atoms with Gasteiger partial charge in [0.1, 0.15) is 5.65 Å². The zero-order valence-corrected chi connectivity index (χ0v) is 11.0. The molecule has 0 aliphatic heterocycles. The Morgan fingerprint density at radius 2 is 2.11 bits per heavy atom. The molecule has 2 aromatic rings. The van der Waals surface area contributed by atoms with Crippen LogP contribution in [0, 0.1) is 5.92 Å². The van der Waals surface area contributed by atoms with Crippen LogP contribution in [0.5, 0.6) is 0 Å². The Bertz CT molecular complexity index is 509. The van der Waals surface area contributed by atoms with Crippen LogP contribution in [0.15, 0.2) is 30.6 Å². The molecular formula is C15H21N3. The summed E-state index contributed by atoms with van der Waals surface area (Å²) in [5, 5.41) is 3.69. The topological polar surface area (TPSA) is 29.3 Å². The first-order chi connectivity index (χ1) is 8.83. The van der Waals surface area contributed by atoms with Crippen LogP contribution in [0.1, 0.15) is 38.3 Å². The molecule has 0 bridgehead atoms. The first-order valence-electron chi connectivity index (χ1n) is 6.97. The number of rotatable bonds is 3. The van der Waals surface area contributed by atoms with Crippen LogP contribution in [-0.4, -0.2) is 15.4 Å². The van der Waals surface area contributed by atoms with Crippen molar-refractivity contribution < 1.29 is 0 Å². The van der Waals surface area contributed by atoms with E-state index in [1.54, 1.807) is 0 Å². The van der Waals surface area contributed by atoms with E-state index in [0.717, 1.165) is 18.1 Å². The van der Waals surface area contributed by atoms with E-state index in [1.165, 1.54) is 31.4 Å². The molecule has 1 N–H and O–H groups in total. The summed E-state index contributed by atoms with van der Waals surface area (Å²) in [6.07, 6.45) is 9.28. The fourth-order valence-electron chi connectivity index (χ4n) is 2.86. The lowest BCUT2D eigenvalue weighted by molar-refractivity contribution is 0.305. The maximum atomic E-state index is 4.32. The zero-order valence-electron chi connectivity index (χ0n) is 11.0. The van der Waals surface area contributed by atoms with Gasteiger partial charge in [-0.3, -0.25) is 0 Å². The molecule has 1 fully saturated rings. The van der Waals surface area contributed by atoms with Crippen LogP contribution in [0.25, 0.3) is 5.65 Å². The molecule has 0 unspecified atom stereocenters. The molecule has 0 radical (unpaired) electrons. The Morgan fingerprint density at radius 3 is 2.94 bits per heavy atom. The molecule has 0 atom stereocenters. The highest BCUT2D eigenvalue weighted by Gasteiger charge is 2.17. The van der Waals surface area contributed by atoms with Crippen LogP contribution < -0.4 is 5.32 Å². The lowest BCUT2D eigenvalue weighted by atomic mass is 9.87. The monoisotopic (exact) mass is 243 g/mol. The normalized spacial score (nSPS) is 24.5. The van der Waals surface area contributed by atoms with Gasteiger partial charge in [0.2, 0.25) is 0 Å². The zero-order chi connectivity index (χ0) is 12.4. The van der Waals surface area contributed by atoms with Crippen molar-refractivity contribution in [1.29, 1.82) is 0 Å². The van der Waals surface area contributed by atoms with Gasteiger partial charge in [-0.05, 0) is 43.7 Å². The van der Waals surface area contributed by atoms with Crippen molar-refractivity contribution in [2.24, 2.45) is 5.92 Å². The van der Waals surface area contributed by atoms with Crippen molar-refractivity contribution >= 4 is 5.65 Å². The van der Waals surface area contributed by atoms with Gasteiger partial charge in [-0.25, -0.2) is 4.98 Å². The predicted octanol–water partition coefficient (Wildman–Crippen LogP) is 3.00. The van der Waals surface area contributed by atoms with Crippen LogP contribution >= 0.6 is 0 Å². The summed E-state index contributed by atoms with van der Waals surface area (Å²) in [5.41, 5.74) is 2.33. The summed E-state index contributed by atoms with van der Waals surface area (Å²) in [6.45, 7) is 3.30. The highest BCUT2D eigenvalue weighted by Crippen LogP contribution is 2.23. The highest BCUT2D eigenvalue weighted by molar-refractivity contribution is 5.39.